The van der Waals surface area contributed by atoms with Crippen molar-refractivity contribution in [2.75, 3.05) is 11.9 Å². The van der Waals surface area contributed by atoms with Gasteiger partial charge in [-0.25, -0.2) is 0 Å². The number of furan rings is 1. The highest BCUT2D eigenvalue weighted by Gasteiger charge is 2.40. The molecule has 1 unspecified atom stereocenters. The Hall–Kier alpha value is -2.61. The molecule has 2 atom stereocenters. The second kappa shape index (κ2) is 6.60. The lowest BCUT2D eigenvalue weighted by molar-refractivity contribution is -0.121. The Morgan fingerprint density at radius 1 is 1.31 bits per heavy atom. The number of hydrogen-bond acceptors (Lipinski definition) is 4. The fourth-order valence-corrected chi connectivity index (χ4v) is 3.79. The number of amides is 3. The van der Waals surface area contributed by atoms with Crippen molar-refractivity contribution >= 4 is 39.3 Å². The van der Waals surface area contributed by atoms with Gasteiger partial charge in [0.1, 0.15) is 6.04 Å². The fourth-order valence-electron chi connectivity index (χ4n) is 3.43. The number of piperidine rings is 1. The molecule has 2 N–H and O–H groups in total. The summed E-state index contributed by atoms with van der Waals surface area (Å²) < 4.78 is 5.87. The molecule has 7 nitrogen and oxygen atoms in total. The van der Waals surface area contributed by atoms with Gasteiger partial charge in [0.25, 0.3) is 11.8 Å². The SMILES string of the molecule is O=C(N[C@H]1CCN2C(=O)c3cc(Br)ccc3NC(=O)C2C1)c1ccco1. The van der Waals surface area contributed by atoms with Gasteiger partial charge < -0.3 is 20.0 Å². The number of nitrogens with one attached hydrogen (secondary N) is 2. The molecule has 1 aromatic carbocycles. The van der Waals surface area contributed by atoms with Gasteiger partial charge in [-0.15, -0.1) is 0 Å². The van der Waals surface area contributed by atoms with E-state index in [4.69, 9.17) is 4.42 Å². The average Bonchev–Trinajstić information content (AvgIpc) is 3.14. The third-order valence-corrected chi connectivity index (χ3v) is 5.21. The van der Waals surface area contributed by atoms with Crippen LogP contribution in [0.3, 0.4) is 0 Å². The lowest BCUT2D eigenvalue weighted by atomic mass is 9.96. The van der Waals surface area contributed by atoms with E-state index < -0.39 is 6.04 Å². The van der Waals surface area contributed by atoms with Crippen LogP contribution in [-0.2, 0) is 4.79 Å². The molecule has 1 saturated heterocycles. The standard InChI is InChI=1S/C18H16BrN3O4/c19-10-3-4-13-12(8-10)18(25)22-6-5-11(9-14(22)16(23)21-13)20-17(24)15-2-1-7-26-15/h1-4,7-8,11,14H,5-6,9H2,(H,20,24)(H,21,23)/t11-,14?/m0/s1. The number of benzene rings is 1. The van der Waals surface area contributed by atoms with E-state index in [1.165, 1.54) is 6.26 Å². The molecule has 3 amide bonds. The van der Waals surface area contributed by atoms with Crippen LogP contribution in [0.4, 0.5) is 5.69 Å². The number of hydrogen-bond donors (Lipinski definition) is 2. The predicted molar refractivity (Wildman–Crippen MR) is 96.8 cm³/mol. The summed E-state index contributed by atoms with van der Waals surface area (Å²) in [6.45, 7) is 0.395. The summed E-state index contributed by atoms with van der Waals surface area (Å²) in [7, 11) is 0. The van der Waals surface area contributed by atoms with Gasteiger partial charge >= 0.3 is 0 Å². The maximum Gasteiger partial charge on any atom is 0.287 e. The minimum atomic E-state index is -0.621. The van der Waals surface area contributed by atoms with Crippen LogP contribution >= 0.6 is 15.9 Å². The molecule has 134 valence electrons. The molecular weight excluding hydrogens is 402 g/mol. The second-order valence-electron chi connectivity index (χ2n) is 6.37. The first-order valence-electron chi connectivity index (χ1n) is 8.28. The summed E-state index contributed by atoms with van der Waals surface area (Å²) in [6.07, 6.45) is 2.37. The number of fused-ring (bicyclic) bond motifs is 2. The molecule has 1 aromatic heterocycles. The van der Waals surface area contributed by atoms with Gasteiger partial charge in [-0.05, 0) is 43.2 Å². The summed E-state index contributed by atoms with van der Waals surface area (Å²) in [4.78, 5) is 39.3. The molecule has 4 rings (SSSR count). The summed E-state index contributed by atoms with van der Waals surface area (Å²) in [5, 5.41) is 5.71. The summed E-state index contributed by atoms with van der Waals surface area (Å²) >= 11 is 3.36. The topological polar surface area (TPSA) is 91.7 Å². The van der Waals surface area contributed by atoms with Gasteiger partial charge in [0, 0.05) is 17.1 Å². The summed E-state index contributed by atoms with van der Waals surface area (Å²) in [5.41, 5.74) is 0.974. The number of nitrogens with zero attached hydrogens (tertiary/aromatic N) is 1. The van der Waals surface area contributed by atoms with Crippen molar-refractivity contribution in [1.82, 2.24) is 10.2 Å². The number of carbonyl (C=O) groups excluding carboxylic acids is 3. The van der Waals surface area contributed by atoms with E-state index in [2.05, 4.69) is 26.6 Å². The Bertz CT molecular complexity index is 881. The zero-order valence-corrected chi connectivity index (χ0v) is 15.3. The number of anilines is 1. The van der Waals surface area contributed by atoms with Crippen LogP contribution in [0.15, 0.2) is 45.5 Å². The molecule has 0 spiro atoms. The highest BCUT2D eigenvalue weighted by Crippen LogP contribution is 2.30. The lowest BCUT2D eigenvalue weighted by Gasteiger charge is -2.37. The highest BCUT2D eigenvalue weighted by molar-refractivity contribution is 9.10. The Kier molecular flexibility index (Phi) is 4.28. The van der Waals surface area contributed by atoms with Crippen molar-refractivity contribution < 1.29 is 18.8 Å². The van der Waals surface area contributed by atoms with Crippen LogP contribution in [0.2, 0.25) is 0 Å². The molecule has 8 heteroatoms. The third kappa shape index (κ3) is 3.01. The molecule has 2 aromatic rings. The van der Waals surface area contributed by atoms with Crippen molar-refractivity contribution in [3.05, 3.63) is 52.4 Å². The van der Waals surface area contributed by atoms with Crippen molar-refractivity contribution in [2.45, 2.75) is 24.9 Å². The van der Waals surface area contributed by atoms with E-state index in [1.807, 2.05) is 0 Å². The number of carbonyl (C=O) groups is 3. The van der Waals surface area contributed by atoms with Crippen LogP contribution in [0.1, 0.15) is 33.8 Å². The minimum absolute atomic E-state index is 0.180. The minimum Gasteiger partial charge on any atom is -0.459 e. The molecule has 3 heterocycles. The van der Waals surface area contributed by atoms with E-state index in [-0.39, 0.29) is 29.5 Å². The zero-order chi connectivity index (χ0) is 18.3. The Balaban J connectivity index is 1.54. The van der Waals surface area contributed by atoms with Crippen molar-refractivity contribution in [3.8, 4) is 0 Å². The van der Waals surface area contributed by atoms with E-state index in [0.29, 0.717) is 30.6 Å². The van der Waals surface area contributed by atoms with Gasteiger partial charge in [0.05, 0.1) is 17.5 Å². The normalized spacial score (nSPS) is 22.1. The molecule has 1 fully saturated rings. The number of rotatable bonds is 2. The van der Waals surface area contributed by atoms with Crippen LogP contribution in [0.5, 0.6) is 0 Å². The first-order valence-corrected chi connectivity index (χ1v) is 9.08. The second-order valence-corrected chi connectivity index (χ2v) is 7.28. The Morgan fingerprint density at radius 3 is 2.92 bits per heavy atom. The Labute approximate surface area is 157 Å². The van der Waals surface area contributed by atoms with Gasteiger partial charge in [0.2, 0.25) is 5.91 Å². The average molecular weight is 418 g/mol. The van der Waals surface area contributed by atoms with Gasteiger partial charge in [0.15, 0.2) is 5.76 Å². The van der Waals surface area contributed by atoms with E-state index in [1.54, 1.807) is 35.2 Å². The van der Waals surface area contributed by atoms with E-state index in [9.17, 15) is 14.4 Å². The quantitative estimate of drug-likeness (QED) is 0.784. The van der Waals surface area contributed by atoms with E-state index in [0.717, 1.165) is 4.47 Å². The molecule has 0 radical (unpaired) electrons. The van der Waals surface area contributed by atoms with Crippen molar-refractivity contribution in [3.63, 3.8) is 0 Å². The lowest BCUT2D eigenvalue weighted by Crippen LogP contribution is -2.55. The Morgan fingerprint density at radius 2 is 2.15 bits per heavy atom. The molecule has 0 saturated carbocycles. The van der Waals surface area contributed by atoms with Gasteiger partial charge in [-0.2, -0.15) is 0 Å². The maximum atomic E-state index is 12.9. The van der Waals surface area contributed by atoms with Crippen LogP contribution in [-0.4, -0.2) is 41.2 Å². The van der Waals surface area contributed by atoms with Crippen molar-refractivity contribution in [1.29, 1.82) is 0 Å². The zero-order valence-electron chi connectivity index (χ0n) is 13.7. The van der Waals surface area contributed by atoms with Gasteiger partial charge in [-0.1, -0.05) is 15.9 Å². The van der Waals surface area contributed by atoms with Crippen LogP contribution in [0.25, 0.3) is 0 Å². The monoisotopic (exact) mass is 417 g/mol. The number of halogens is 1. The van der Waals surface area contributed by atoms with Crippen LogP contribution in [0, 0.1) is 0 Å². The first kappa shape index (κ1) is 16.8. The van der Waals surface area contributed by atoms with Crippen molar-refractivity contribution in [2.24, 2.45) is 0 Å². The maximum absolute atomic E-state index is 12.9. The molecule has 2 aliphatic rings. The van der Waals surface area contributed by atoms with Crippen LogP contribution < -0.4 is 10.6 Å². The largest absolute Gasteiger partial charge is 0.459 e. The summed E-state index contributed by atoms with van der Waals surface area (Å²) in [5.74, 6) is -0.510. The van der Waals surface area contributed by atoms with E-state index >= 15 is 0 Å². The first-order chi connectivity index (χ1) is 12.5. The summed E-state index contributed by atoms with van der Waals surface area (Å²) in [6, 6.07) is 7.60. The molecule has 26 heavy (non-hydrogen) atoms. The molecule has 0 bridgehead atoms. The third-order valence-electron chi connectivity index (χ3n) is 4.72. The molecular formula is C18H16BrN3O4. The predicted octanol–water partition coefficient (Wildman–Crippen LogP) is 2.40. The molecule has 0 aliphatic carbocycles. The highest BCUT2D eigenvalue weighted by atomic mass is 79.9. The van der Waals surface area contributed by atoms with Gasteiger partial charge in [-0.3, -0.25) is 14.4 Å². The molecule has 2 aliphatic heterocycles. The fraction of sp³-hybridized carbons (Fsp3) is 0.278. The smallest absolute Gasteiger partial charge is 0.287 e.